The molecule has 78 valence electrons. The van der Waals surface area contributed by atoms with Gasteiger partial charge in [-0.05, 0) is 13.8 Å². The smallest absolute Gasteiger partial charge is 0.320 e. The van der Waals surface area contributed by atoms with E-state index in [0.717, 1.165) is 5.69 Å². The van der Waals surface area contributed by atoms with E-state index in [1.807, 2.05) is 13.8 Å². The standard InChI is InChI=1S/C9H14N2O3/c1-7(2)14-9(12)6-10-5-8-3-4-13-11-8/h3-4,7,10H,5-6H2,1-2H3. The maximum absolute atomic E-state index is 11.1. The summed E-state index contributed by atoms with van der Waals surface area (Å²) in [5, 5.41) is 6.58. The van der Waals surface area contributed by atoms with Crippen LogP contribution in [0.5, 0.6) is 0 Å². The third-order valence-corrected chi connectivity index (χ3v) is 1.43. The fourth-order valence-electron chi connectivity index (χ4n) is 0.926. The second-order valence-electron chi connectivity index (χ2n) is 3.13. The summed E-state index contributed by atoms with van der Waals surface area (Å²) in [5.74, 6) is -0.261. The molecule has 0 radical (unpaired) electrons. The Labute approximate surface area is 82.4 Å². The predicted octanol–water partition coefficient (Wildman–Crippen LogP) is 0.716. The first-order valence-corrected chi connectivity index (χ1v) is 4.48. The second kappa shape index (κ2) is 5.39. The lowest BCUT2D eigenvalue weighted by Crippen LogP contribution is -2.26. The highest BCUT2D eigenvalue weighted by Crippen LogP contribution is 1.93. The van der Waals surface area contributed by atoms with Gasteiger partial charge in [0.1, 0.15) is 6.26 Å². The summed E-state index contributed by atoms with van der Waals surface area (Å²) in [6.45, 7) is 4.32. The van der Waals surface area contributed by atoms with E-state index in [1.54, 1.807) is 6.07 Å². The molecule has 0 amide bonds. The molecular formula is C9H14N2O3. The van der Waals surface area contributed by atoms with E-state index in [1.165, 1.54) is 6.26 Å². The number of hydrogen-bond acceptors (Lipinski definition) is 5. The molecule has 0 aromatic carbocycles. The number of ether oxygens (including phenoxy) is 1. The fraction of sp³-hybridized carbons (Fsp3) is 0.556. The van der Waals surface area contributed by atoms with E-state index >= 15 is 0 Å². The molecule has 0 saturated carbocycles. The molecule has 1 heterocycles. The Kier molecular flexibility index (Phi) is 4.12. The zero-order valence-corrected chi connectivity index (χ0v) is 8.32. The van der Waals surface area contributed by atoms with Crippen LogP contribution in [0.15, 0.2) is 16.9 Å². The van der Waals surface area contributed by atoms with E-state index in [4.69, 9.17) is 4.74 Å². The van der Waals surface area contributed by atoms with Gasteiger partial charge in [0.15, 0.2) is 0 Å². The van der Waals surface area contributed by atoms with Crippen molar-refractivity contribution in [3.63, 3.8) is 0 Å². The Bertz CT molecular complexity index is 270. The lowest BCUT2D eigenvalue weighted by Gasteiger charge is -2.07. The highest BCUT2D eigenvalue weighted by atomic mass is 16.5. The molecule has 5 nitrogen and oxygen atoms in total. The molecule has 1 rings (SSSR count). The molecule has 5 heteroatoms. The molecule has 0 aliphatic rings. The van der Waals surface area contributed by atoms with Gasteiger partial charge in [0.2, 0.25) is 0 Å². The third kappa shape index (κ3) is 4.04. The SMILES string of the molecule is CC(C)OC(=O)CNCc1ccon1. The second-order valence-corrected chi connectivity index (χ2v) is 3.13. The van der Waals surface area contributed by atoms with Crippen LogP contribution in [0.1, 0.15) is 19.5 Å². The van der Waals surface area contributed by atoms with Crippen LogP contribution in [-0.4, -0.2) is 23.8 Å². The molecule has 0 bridgehead atoms. The minimum atomic E-state index is -0.261. The maximum atomic E-state index is 11.1. The molecule has 14 heavy (non-hydrogen) atoms. The van der Waals surface area contributed by atoms with Crippen molar-refractivity contribution in [1.29, 1.82) is 0 Å². The van der Waals surface area contributed by atoms with Crippen molar-refractivity contribution in [2.45, 2.75) is 26.5 Å². The Balaban J connectivity index is 2.12. The van der Waals surface area contributed by atoms with Gasteiger partial charge in [-0.25, -0.2) is 0 Å². The van der Waals surface area contributed by atoms with E-state index < -0.39 is 0 Å². The van der Waals surface area contributed by atoms with Crippen LogP contribution in [0.4, 0.5) is 0 Å². The van der Waals surface area contributed by atoms with Crippen LogP contribution in [0.3, 0.4) is 0 Å². The average Bonchev–Trinajstić information content (AvgIpc) is 2.55. The number of nitrogens with zero attached hydrogens (tertiary/aromatic N) is 1. The van der Waals surface area contributed by atoms with Crippen LogP contribution in [-0.2, 0) is 16.1 Å². The van der Waals surface area contributed by atoms with Gasteiger partial charge in [0.25, 0.3) is 0 Å². The highest BCUT2D eigenvalue weighted by molar-refractivity contribution is 5.71. The molecule has 0 atom stereocenters. The summed E-state index contributed by atoms with van der Waals surface area (Å²) in [5.41, 5.74) is 0.766. The van der Waals surface area contributed by atoms with Crippen molar-refractivity contribution >= 4 is 5.97 Å². The van der Waals surface area contributed by atoms with E-state index in [0.29, 0.717) is 6.54 Å². The van der Waals surface area contributed by atoms with Crippen molar-refractivity contribution in [1.82, 2.24) is 10.5 Å². The quantitative estimate of drug-likeness (QED) is 0.706. The van der Waals surface area contributed by atoms with Crippen LogP contribution in [0.2, 0.25) is 0 Å². The summed E-state index contributed by atoms with van der Waals surface area (Å²) in [6, 6.07) is 1.74. The molecule has 1 N–H and O–H groups in total. The summed E-state index contributed by atoms with van der Waals surface area (Å²) in [6.07, 6.45) is 1.42. The zero-order chi connectivity index (χ0) is 10.4. The largest absolute Gasteiger partial charge is 0.462 e. The van der Waals surface area contributed by atoms with E-state index in [9.17, 15) is 4.79 Å². The topological polar surface area (TPSA) is 64.4 Å². The Hall–Kier alpha value is -1.36. The minimum absolute atomic E-state index is 0.0728. The van der Waals surface area contributed by atoms with Crippen LogP contribution >= 0.6 is 0 Å². The molecule has 0 unspecified atom stereocenters. The first-order valence-electron chi connectivity index (χ1n) is 4.48. The van der Waals surface area contributed by atoms with E-state index in [2.05, 4.69) is 15.0 Å². The van der Waals surface area contributed by atoms with Crippen molar-refractivity contribution in [3.8, 4) is 0 Å². The number of aromatic nitrogens is 1. The van der Waals surface area contributed by atoms with Gasteiger partial charge in [0.05, 0.1) is 18.3 Å². The number of carbonyl (C=O) groups excluding carboxylic acids is 1. The van der Waals surface area contributed by atoms with Crippen molar-refractivity contribution < 1.29 is 14.1 Å². The molecule has 1 aromatic heterocycles. The van der Waals surface area contributed by atoms with Gasteiger partial charge < -0.3 is 14.6 Å². The first-order chi connectivity index (χ1) is 6.68. The maximum Gasteiger partial charge on any atom is 0.320 e. The summed E-state index contributed by atoms with van der Waals surface area (Å²) < 4.78 is 9.55. The van der Waals surface area contributed by atoms with Crippen LogP contribution in [0.25, 0.3) is 0 Å². The molecular weight excluding hydrogens is 184 g/mol. The zero-order valence-electron chi connectivity index (χ0n) is 8.32. The number of rotatable bonds is 5. The van der Waals surface area contributed by atoms with Crippen molar-refractivity contribution in [2.75, 3.05) is 6.54 Å². The number of hydrogen-bond donors (Lipinski definition) is 1. The molecule has 1 aromatic rings. The van der Waals surface area contributed by atoms with Gasteiger partial charge in [-0.1, -0.05) is 5.16 Å². The van der Waals surface area contributed by atoms with Gasteiger partial charge in [-0.3, -0.25) is 4.79 Å². The molecule has 0 aliphatic carbocycles. The van der Waals surface area contributed by atoms with Crippen LogP contribution in [0, 0.1) is 0 Å². The highest BCUT2D eigenvalue weighted by Gasteiger charge is 2.04. The van der Waals surface area contributed by atoms with Crippen molar-refractivity contribution in [2.24, 2.45) is 0 Å². The molecule has 0 saturated heterocycles. The minimum Gasteiger partial charge on any atom is -0.462 e. The Morgan fingerprint density at radius 3 is 3.07 bits per heavy atom. The molecule has 0 aliphatic heterocycles. The van der Waals surface area contributed by atoms with Gasteiger partial charge in [-0.2, -0.15) is 0 Å². The lowest BCUT2D eigenvalue weighted by atomic mass is 10.4. The predicted molar refractivity (Wildman–Crippen MR) is 49.4 cm³/mol. The Morgan fingerprint density at radius 2 is 2.50 bits per heavy atom. The number of nitrogens with one attached hydrogen (secondary N) is 1. The molecule has 0 fully saturated rings. The summed E-state index contributed by atoms with van der Waals surface area (Å²) >= 11 is 0. The van der Waals surface area contributed by atoms with Gasteiger partial charge >= 0.3 is 5.97 Å². The average molecular weight is 198 g/mol. The van der Waals surface area contributed by atoms with Gasteiger partial charge in [0, 0.05) is 12.6 Å². The lowest BCUT2D eigenvalue weighted by molar-refractivity contribution is -0.146. The Morgan fingerprint density at radius 1 is 1.71 bits per heavy atom. The third-order valence-electron chi connectivity index (χ3n) is 1.43. The first kappa shape index (κ1) is 10.7. The number of esters is 1. The van der Waals surface area contributed by atoms with Crippen LogP contribution < -0.4 is 5.32 Å². The normalized spacial score (nSPS) is 10.5. The summed E-state index contributed by atoms with van der Waals surface area (Å²) in [4.78, 5) is 11.1. The van der Waals surface area contributed by atoms with E-state index in [-0.39, 0.29) is 18.6 Å². The molecule has 0 spiro atoms. The van der Waals surface area contributed by atoms with Crippen molar-refractivity contribution in [3.05, 3.63) is 18.0 Å². The van der Waals surface area contributed by atoms with Gasteiger partial charge in [-0.15, -0.1) is 0 Å². The number of carbonyl (C=O) groups is 1. The fourth-order valence-corrected chi connectivity index (χ4v) is 0.926. The monoisotopic (exact) mass is 198 g/mol. The summed E-state index contributed by atoms with van der Waals surface area (Å²) in [7, 11) is 0.